The molecule has 0 aromatic heterocycles. The van der Waals surface area contributed by atoms with Crippen molar-refractivity contribution in [2.45, 2.75) is 19.1 Å². The molecule has 0 aliphatic rings. The van der Waals surface area contributed by atoms with Gasteiger partial charge in [0.1, 0.15) is 17.7 Å². The average Bonchev–Trinajstić information content (AvgIpc) is 2.51. The molecule has 21 heavy (non-hydrogen) atoms. The molecule has 2 rings (SSSR count). The van der Waals surface area contributed by atoms with E-state index in [2.05, 4.69) is 5.32 Å². The predicted octanol–water partition coefficient (Wildman–Crippen LogP) is 4.00. The minimum absolute atomic E-state index is 0.271. The van der Waals surface area contributed by atoms with Crippen molar-refractivity contribution in [3.63, 3.8) is 0 Å². The number of rotatable bonds is 6. The lowest BCUT2D eigenvalue weighted by molar-refractivity contribution is 0.0668. The largest absolute Gasteiger partial charge is 0.375 e. The number of ether oxygens (including phenoxy) is 1. The quantitative estimate of drug-likeness (QED) is 0.868. The highest BCUT2D eigenvalue weighted by molar-refractivity contribution is 5.28. The Morgan fingerprint density at radius 3 is 2.43 bits per heavy atom. The van der Waals surface area contributed by atoms with Gasteiger partial charge in [-0.25, -0.2) is 8.78 Å². The van der Waals surface area contributed by atoms with Gasteiger partial charge in [0.05, 0.1) is 6.04 Å². The molecule has 0 radical (unpaired) electrons. The van der Waals surface area contributed by atoms with E-state index in [4.69, 9.17) is 4.74 Å². The van der Waals surface area contributed by atoms with Crippen molar-refractivity contribution in [3.8, 4) is 0 Å². The van der Waals surface area contributed by atoms with Crippen LogP contribution in [0.4, 0.5) is 8.78 Å². The Kier molecular flexibility index (Phi) is 5.42. The number of likely N-dealkylation sites (N-methyl/N-ethyl adjacent to an activating group) is 1. The number of benzene rings is 2. The van der Waals surface area contributed by atoms with Gasteiger partial charge in [-0.3, -0.25) is 0 Å². The van der Waals surface area contributed by atoms with Gasteiger partial charge in [-0.2, -0.15) is 0 Å². The molecule has 4 heteroatoms. The number of halogens is 2. The van der Waals surface area contributed by atoms with Gasteiger partial charge in [-0.05, 0) is 30.3 Å². The van der Waals surface area contributed by atoms with E-state index in [1.807, 2.05) is 37.3 Å². The summed E-state index contributed by atoms with van der Waals surface area (Å²) in [4.78, 5) is 0. The zero-order chi connectivity index (χ0) is 15.2. The van der Waals surface area contributed by atoms with Crippen molar-refractivity contribution in [2.24, 2.45) is 0 Å². The molecule has 0 bridgehead atoms. The monoisotopic (exact) mass is 291 g/mol. The second-order valence-corrected chi connectivity index (χ2v) is 4.77. The third-order valence-electron chi connectivity index (χ3n) is 3.40. The third-order valence-corrected chi connectivity index (χ3v) is 3.40. The first kappa shape index (κ1) is 15.6. The molecule has 0 aliphatic carbocycles. The van der Waals surface area contributed by atoms with E-state index in [0.717, 1.165) is 17.7 Å². The van der Waals surface area contributed by atoms with Crippen LogP contribution in [0.1, 0.15) is 30.2 Å². The molecule has 0 fully saturated rings. The van der Waals surface area contributed by atoms with Gasteiger partial charge in [0.2, 0.25) is 0 Å². The average molecular weight is 291 g/mol. The highest BCUT2D eigenvalue weighted by Gasteiger charge is 2.26. The molecule has 0 saturated heterocycles. The Bertz CT molecular complexity index is 574. The van der Waals surface area contributed by atoms with E-state index in [1.54, 1.807) is 7.11 Å². The molecule has 112 valence electrons. The molecule has 0 heterocycles. The van der Waals surface area contributed by atoms with Crippen LogP contribution in [-0.4, -0.2) is 13.7 Å². The van der Waals surface area contributed by atoms with Crippen LogP contribution in [0.2, 0.25) is 0 Å². The minimum atomic E-state index is -0.461. The standard InChI is InChI=1S/C17H19F2NO/c1-3-20-16(14-11-13(18)9-10-15(14)19)17(21-2)12-7-5-4-6-8-12/h4-11,16-17,20H,3H2,1-2H3. The molecular formula is C17H19F2NO. The summed E-state index contributed by atoms with van der Waals surface area (Å²) in [6.45, 7) is 2.54. The summed E-state index contributed by atoms with van der Waals surface area (Å²) >= 11 is 0. The predicted molar refractivity (Wildman–Crippen MR) is 79.0 cm³/mol. The van der Waals surface area contributed by atoms with Gasteiger partial charge in [-0.1, -0.05) is 37.3 Å². The topological polar surface area (TPSA) is 21.3 Å². The number of hydrogen-bond donors (Lipinski definition) is 1. The van der Waals surface area contributed by atoms with Crippen LogP contribution >= 0.6 is 0 Å². The first-order valence-corrected chi connectivity index (χ1v) is 6.93. The van der Waals surface area contributed by atoms with Gasteiger partial charge < -0.3 is 10.1 Å². The van der Waals surface area contributed by atoms with Crippen LogP contribution < -0.4 is 5.32 Å². The fraction of sp³-hybridized carbons (Fsp3) is 0.294. The molecule has 2 atom stereocenters. The van der Waals surface area contributed by atoms with Crippen molar-refractivity contribution in [2.75, 3.05) is 13.7 Å². The van der Waals surface area contributed by atoms with E-state index in [9.17, 15) is 8.78 Å². The van der Waals surface area contributed by atoms with Crippen molar-refractivity contribution in [1.82, 2.24) is 5.32 Å². The third kappa shape index (κ3) is 3.65. The maximum Gasteiger partial charge on any atom is 0.128 e. The SMILES string of the molecule is CCNC(c1cc(F)ccc1F)C(OC)c1ccccc1. The van der Waals surface area contributed by atoms with Crippen LogP contribution in [0.5, 0.6) is 0 Å². The molecule has 2 unspecified atom stereocenters. The van der Waals surface area contributed by atoms with Crippen LogP contribution in [0.25, 0.3) is 0 Å². The number of nitrogens with one attached hydrogen (secondary N) is 1. The minimum Gasteiger partial charge on any atom is -0.375 e. The van der Waals surface area contributed by atoms with Gasteiger partial charge in [-0.15, -0.1) is 0 Å². The molecule has 1 N–H and O–H groups in total. The van der Waals surface area contributed by atoms with Crippen molar-refractivity contribution in [1.29, 1.82) is 0 Å². The second kappa shape index (κ2) is 7.29. The van der Waals surface area contributed by atoms with E-state index in [1.165, 1.54) is 6.07 Å². The van der Waals surface area contributed by atoms with Crippen molar-refractivity contribution < 1.29 is 13.5 Å². The highest BCUT2D eigenvalue weighted by atomic mass is 19.1. The molecule has 0 amide bonds. The lowest BCUT2D eigenvalue weighted by atomic mass is 9.95. The molecular weight excluding hydrogens is 272 g/mol. The van der Waals surface area contributed by atoms with Crippen LogP contribution in [0.15, 0.2) is 48.5 Å². The van der Waals surface area contributed by atoms with Crippen LogP contribution in [0.3, 0.4) is 0 Å². The van der Waals surface area contributed by atoms with Crippen LogP contribution in [0, 0.1) is 11.6 Å². The molecule has 0 aliphatic heterocycles. The molecule has 2 aromatic rings. The first-order valence-electron chi connectivity index (χ1n) is 6.93. The summed E-state index contributed by atoms with van der Waals surface area (Å²) in [6, 6.07) is 12.5. The summed E-state index contributed by atoms with van der Waals surface area (Å²) in [5.74, 6) is -0.905. The van der Waals surface area contributed by atoms with E-state index >= 15 is 0 Å². The lowest BCUT2D eigenvalue weighted by Gasteiger charge is -2.28. The summed E-state index contributed by atoms with van der Waals surface area (Å²) in [5, 5.41) is 3.18. The van der Waals surface area contributed by atoms with E-state index in [-0.39, 0.29) is 5.56 Å². The molecule has 2 aromatic carbocycles. The fourth-order valence-electron chi connectivity index (χ4n) is 2.46. The Morgan fingerprint density at radius 1 is 1.10 bits per heavy atom. The first-order chi connectivity index (χ1) is 10.2. The molecule has 2 nitrogen and oxygen atoms in total. The van der Waals surface area contributed by atoms with Gasteiger partial charge >= 0.3 is 0 Å². The van der Waals surface area contributed by atoms with E-state index in [0.29, 0.717) is 6.54 Å². The van der Waals surface area contributed by atoms with Crippen molar-refractivity contribution in [3.05, 3.63) is 71.3 Å². The van der Waals surface area contributed by atoms with Gasteiger partial charge in [0.25, 0.3) is 0 Å². The fourth-order valence-corrected chi connectivity index (χ4v) is 2.46. The normalized spacial score (nSPS) is 13.9. The van der Waals surface area contributed by atoms with Crippen molar-refractivity contribution >= 4 is 0 Å². The maximum absolute atomic E-state index is 14.1. The van der Waals surface area contributed by atoms with Crippen LogP contribution in [-0.2, 0) is 4.74 Å². The van der Waals surface area contributed by atoms with E-state index < -0.39 is 23.8 Å². The zero-order valence-corrected chi connectivity index (χ0v) is 12.1. The second-order valence-electron chi connectivity index (χ2n) is 4.77. The molecule has 0 saturated carbocycles. The Hall–Kier alpha value is -1.78. The van der Waals surface area contributed by atoms with Gasteiger partial charge in [0, 0.05) is 12.7 Å². The summed E-state index contributed by atoms with van der Waals surface area (Å²) in [7, 11) is 1.57. The Morgan fingerprint density at radius 2 is 1.81 bits per heavy atom. The van der Waals surface area contributed by atoms with Gasteiger partial charge in [0.15, 0.2) is 0 Å². The maximum atomic E-state index is 14.1. The lowest BCUT2D eigenvalue weighted by Crippen LogP contribution is -2.29. The zero-order valence-electron chi connectivity index (χ0n) is 12.1. The molecule has 0 spiro atoms. The number of hydrogen-bond acceptors (Lipinski definition) is 2. The smallest absolute Gasteiger partial charge is 0.128 e. The summed E-state index contributed by atoms with van der Waals surface area (Å²) < 4.78 is 33.1. The number of methoxy groups -OCH3 is 1. The summed E-state index contributed by atoms with van der Waals surface area (Å²) in [6.07, 6.45) is -0.401. The Labute approximate surface area is 123 Å². The summed E-state index contributed by atoms with van der Waals surface area (Å²) in [5.41, 5.74) is 1.18. The Balaban J connectivity index is 2.43. The highest BCUT2D eigenvalue weighted by Crippen LogP contribution is 2.33.